The van der Waals surface area contributed by atoms with E-state index in [-0.39, 0.29) is 11.8 Å². The van der Waals surface area contributed by atoms with Crippen molar-refractivity contribution in [2.24, 2.45) is 29.4 Å². The van der Waals surface area contributed by atoms with E-state index in [4.69, 9.17) is 5.73 Å². The van der Waals surface area contributed by atoms with Crippen LogP contribution in [0.4, 0.5) is 5.00 Å². The number of rotatable bonds is 3. The average Bonchev–Trinajstić information content (AvgIpc) is 3.18. The van der Waals surface area contributed by atoms with Gasteiger partial charge >= 0.3 is 0 Å². The number of primary amides is 1. The van der Waals surface area contributed by atoms with Crippen LogP contribution in [0.3, 0.4) is 0 Å². The number of hydrogen-bond acceptors (Lipinski definition) is 3. The first-order valence-electron chi connectivity index (χ1n) is 8.46. The molecule has 3 aliphatic rings. The van der Waals surface area contributed by atoms with E-state index in [0.717, 1.165) is 37.7 Å². The molecule has 0 unspecified atom stereocenters. The van der Waals surface area contributed by atoms with E-state index in [0.29, 0.717) is 28.3 Å². The summed E-state index contributed by atoms with van der Waals surface area (Å²) in [4.78, 5) is 25.8. The number of nitrogens with two attached hydrogens (primary N) is 1. The maximum atomic E-state index is 12.7. The molecule has 0 spiro atoms. The molecular formula is C18H22N2O2S. The summed E-state index contributed by atoms with van der Waals surface area (Å²) < 4.78 is 0. The lowest BCUT2D eigenvalue weighted by molar-refractivity contribution is -0.120. The van der Waals surface area contributed by atoms with Gasteiger partial charge in [-0.1, -0.05) is 19.1 Å². The predicted molar refractivity (Wildman–Crippen MR) is 91.5 cm³/mol. The van der Waals surface area contributed by atoms with E-state index in [2.05, 4.69) is 24.4 Å². The standard InChI is InChI=1S/C18H22N2O2S/c1-9-2-5-12-14(6-9)23-18(15(12)16(19)21)20-17(22)13-8-10-3-4-11(13)7-10/h3-4,9-11,13H,2,5-8H2,1H3,(H2,19,21)(H,20,22)/t9-,10+,11+,13-/m1/s1. The summed E-state index contributed by atoms with van der Waals surface area (Å²) in [5, 5.41) is 3.71. The van der Waals surface area contributed by atoms with Gasteiger partial charge in [0.05, 0.1) is 5.56 Å². The normalized spacial score (nSPS) is 31.2. The van der Waals surface area contributed by atoms with Gasteiger partial charge in [-0.25, -0.2) is 0 Å². The Bertz CT molecular complexity index is 706. The third-order valence-corrected chi connectivity index (χ3v) is 6.78. The molecule has 23 heavy (non-hydrogen) atoms. The Morgan fingerprint density at radius 3 is 2.78 bits per heavy atom. The highest BCUT2D eigenvalue weighted by molar-refractivity contribution is 7.17. The first-order valence-corrected chi connectivity index (χ1v) is 9.28. The molecule has 0 aromatic carbocycles. The zero-order valence-electron chi connectivity index (χ0n) is 13.3. The van der Waals surface area contributed by atoms with Crippen molar-refractivity contribution in [3.05, 3.63) is 28.2 Å². The van der Waals surface area contributed by atoms with Crippen molar-refractivity contribution in [3.63, 3.8) is 0 Å². The number of anilines is 1. The number of nitrogens with one attached hydrogen (secondary N) is 1. The number of hydrogen-bond donors (Lipinski definition) is 2. The number of carbonyl (C=O) groups is 2. The number of thiophene rings is 1. The van der Waals surface area contributed by atoms with Crippen LogP contribution < -0.4 is 11.1 Å². The number of fused-ring (bicyclic) bond motifs is 3. The summed E-state index contributed by atoms with van der Waals surface area (Å²) in [6.07, 6.45) is 9.38. The molecule has 1 saturated carbocycles. The summed E-state index contributed by atoms with van der Waals surface area (Å²) in [5.74, 6) is 1.23. The molecule has 4 rings (SSSR count). The quantitative estimate of drug-likeness (QED) is 0.836. The first-order chi connectivity index (χ1) is 11.0. The molecule has 0 aliphatic heterocycles. The van der Waals surface area contributed by atoms with Crippen LogP contribution in [-0.2, 0) is 17.6 Å². The molecule has 0 saturated heterocycles. The van der Waals surface area contributed by atoms with E-state index in [9.17, 15) is 9.59 Å². The van der Waals surface area contributed by atoms with Crippen LogP contribution in [0, 0.1) is 23.7 Å². The van der Waals surface area contributed by atoms with Crippen LogP contribution in [-0.4, -0.2) is 11.8 Å². The lowest BCUT2D eigenvalue weighted by Gasteiger charge is -2.18. The third kappa shape index (κ3) is 2.51. The van der Waals surface area contributed by atoms with Crippen molar-refractivity contribution in [1.82, 2.24) is 0 Å². The van der Waals surface area contributed by atoms with Crippen molar-refractivity contribution in [2.45, 2.75) is 39.0 Å². The van der Waals surface area contributed by atoms with Gasteiger partial charge in [-0.2, -0.15) is 0 Å². The van der Waals surface area contributed by atoms with Gasteiger partial charge in [0.15, 0.2) is 0 Å². The Morgan fingerprint density at radius 2 is 2.13 bits per heavy atom. The largest absolute Gasteiger partial charge is 0.365 e. The van der Waals surface area contributed by atoms with Gasteiger partial charge in [-0.3, -0.25) is 9.59 Å². The van der Waals surface area contributed by atoms with E-state index in [1.54, 1.807) is 11.3 Å². The van der Waals surface area contributed by atoms with Crippen molar-refractivity contribution >= 4 is 28.2 Å². The topological polar surface area (TPSA) is 72.2 Å². The second-order valence-corrected chi connectivity index (χ2v) is 8.40. The molecule has 1 heterocycles. The van der Waals surface area contributed by atoms with E-state index in [1.165, 1.54) is 4.88 Å². The maximum Gasteiger partial charge on any atom is 0.251 e. The fourth-order valence-electron chi connectivity index (χ4n) is 4.39. The van der Waals surface area contributed by atoms with Gasteiger partial charge in [-0.15, -0.1) is 11.3 Å². The molecule has 2 amide bonds. The van der Waals surface area contributed by atoms with Gasteiger partial charge < -0.3 is 11.1 Å². The van der Waals surface area contributed by atoms with Gasteiger partial charge in [-0.05, 0) is 55.4 Å². The Kier molecular flexibility index (Phi) is 3.56. The highest BCUT2D eigenvalue weighted by Crippen LogP contribution is 2.45. The van der Waals surface area contributed by atoms with Gasteiger partial charge in [0, 0.05) is 10.8 Å². The van der Waals surface area contributed by atoms with Crippen molar-refractivity contribution in [3.8, 4) is 0 Å². The van der Waals surface area contributed by atoms with Crippen LogP contribution in [0.5, 0.6) is 0 Å². The molecule has 4 nitrogen and oxygen atoms in total. The summed E-state index contributed by atoms with van der Waals surface area (Å²) in [6, 6.07) is 0. The van der Waals surface area contributed by atoms with Crippen LogP contribution in [0.1, 0.15) is 47.0 Å². The molecule has 5 heteroatoms. The second kappa shape index (κ2) is 5.48. The summed E-state index contributed by atoms with van der Waals surface area (Å²) >= 11 is 1.55. The minimum absolute atomic E-state index is 0.0452. The molecule has 0 radical (unpaired) electrons. The van der Waals surface area contributed by atoms with Crippen molar-refractivity contribution in [2.75, 3.05) is 5.32 Å². The highest BCUT2D eigenvalue weighted by Gasteiger charge is 2.40. The van der Waals surface area contributed by atoms with Crippen LogP contribution in [0.25, 0.3) is 0 Å². The molecule has 4 atom stereocenters. The van der Waals surface area contributed by atoms with Gasteiger partial charge in [0.1, 0.15) is 5.00 Å². The number of carbonyl (C=O) groups excluding carboxylic acids is 2. The molecule has 1 aromatic heterocycles. The Balaban J connectivity index is 1.60. The number of amides is 2. The molecule has 122 valence electrons. The molecular weight excluding hydrogens is 308 g/mol. The minimum Gasteiger partial charge on any atom is -0.365 e. The predicted octanol–water partition coefficient (Wildman–Crippen LogP) is 3.12. The van der Waals surface area contributed by atoms with Crippen molar-refractivity contribution < 1.29 is 9.59 Å². The van der Waals surface area contributed by atoms with Gasteiger partial charge in [0.25, 0.3) is 5.91 Å². The second-order valence-electron chi connectivity index (χ2n) is 7.30. The molecule has 3 N–H and O–H groups in total. The Morgan fingerprint density at radius 1 is 1.30 bits per heavy atom. The van der Waals surface area contributed by atoms with E-state index in [1.807, 2.05) is 0 Å². The maximum absolute atomic E-state index is 12.7. The summed E-state index contributed by atoms with van der Waals surface area (Å²) in [7, 11) is 0. The third-order valence-electron chi connectivity index (χ3n) is 5.61. The molecule has 2 bridgehead atoms. The first kappa shape index (κ1) is 14.9. The van der Waals surface area contributed by atoms with Crippen LogP contribution >= 0.6 is 11.3 Å². The van der Waals surface area contributed by atoms with Crippen LogP contribution in [0.2, 0.25) is 0 Å². The monoisotopic (exact) mass is 330 g/mol. The molecule has 1 aromatic rings. The van der Waals surface area contributed by atoms with E-state index < -0.39 is 5.91 Å². The minimum atomic E-state index is -0.416. The highest BCUT2D eigenvalue weighted by atomic mass is 32.1. The fourth-order valence-corrected chi connectivity index (χ4v) is 5.81. The van der Waals surface area contributed by atoms with Gasteiger partial charge in [0.2, 0.25) is 5.91 Å². The Hall–Kier alpha value is -1.62. The summed E-state index contributed by atoms with van der Waals surface area (Å²) in [6.45, 7) is 2.23. The fraction of sp³-hybridized carbons (Fsp3) is 0.556. The van der Waals surface area contributed by atoms with Crippen LogP contribution in [0.15, 0.2) is 12.2 Å². The SMILES string of the molecule is C[C@@H]1CCc2c(sc(NC(=O)[C@@H]3C[C@H]4C=C[C@H]3C4)c2C(N)=O)C1. The van der Waals surface area contributed by atoms with E-state index >= 15 is 0 Å². The number of allylic oxidation sites excluding steroid dienone is 2. The zero-order chi connectivity index (χ0) is 16.1. The summed E-state index contributed by atoms with van der Waals surface area (Å²) in [5.41, 5.74) is 7.24. The average molecular weight is 330 g/mol. The van der Waals surface area contributed by atoms with Crippen molar-refractivity contribution in [1.29, 1.82) is 0 Å². The Labute approximate surface area is 140 Å². The lowest BCUT2D eigenvalue weighted by atomic mass is 9.88. The molecule has 3 aliphatic carbocycles. The lowest BCUT2D eigenvalue weighted by Crippen LogP contribution is -2.27. The smallest absolute Gasteiger partial charge is 0.251 e. The molecule has 1 fully saturated rings. The zero-order valence-corrected chi connectivity index (χ0v) is 14.1.